The molecule has 0 aromatic heterocycles. The van der Waals surface area contributed by atoms with E-state index in [1.54, 1.807) is 0 Å². The number of rotatable bonds is 2. The topological polar surface area (TPSA) is 26.0 Å². The van der Waals surface area contributed by atoms with Gasteiger partial charge in [0.2, 0.25) is 0 Å². The van der Waals surface area contributed by atoms with Crippen molar-refractivity contribution in [2.45, 2.75) is 59.3 Å². The fourth-order valence-electron chi connectivity index (χ4n) is 1.94. The van der Waals surface area contributed by atoms with E-state index in [2.05, 4.69) is 53.7 Å². The normalized spacial score (nSPS) is 12.2. The predicted molar refractivity (Wildman–Crippen MR) is 73.0 cm³/mol. The molecule has 1 heteroatoms. The predicted octanol–water partition coefficient (Wildman–Crippen LogP) is 4.25. The molecular formula is C15H25N. The molecule has 2 N–H and O–H groups in total. The molecule has 0 saturated carbocycles. The van der Waals surface area contributed by atoms with Gasteiger partial charge in [-0.2, -0.15) is 0 Å². The Bertz CT molecular complexity index is 370. The molecule has 0 aliphatic heterocycles. The van der Waals surface area contributed by atoms with Crippen molar-refractivity contribution in [3.05, 3.63) is 28.8 Å². The van der Waals surface area contributed by atoms with E-state index in [1.807, 2.05) is 0 Å². The van der Waals surface area contributed by atoms with E-state index >= 15 is 0 Å². The summed E-state index contributed by atoms with van der Waals surface area (Å²) in [7, 11) is 0. The molecule has 1 nitrogen and oxygen atoms in total. The Kier molecular flexibility index (Phi) is 3.67. The minimum atomic E-state index is 0.196. The highest BCUT2D eigenvalue weighted by atomic mass is 14.6. The Morgan fingerprint density at radius 2 is 1.75 bits per heavy atom. The van der Waals surface area contributed by atoms with Crippen LogP contribution in [-0.2, 0) is 11.8 Å². The maximum atomic E-state index is 6.21. The lowest BCUT2D eigenvalue weighted by molar-refractivity contribution is 0.588. The van der Waals surface area contributed by atoms with E-state index in [4.69, 9.17) is 5.73 Å². The van der Waals surface area contributed by atoms with Crippen LogP contribution in [0.1, 0.15) is 64.2 Å². The summed E-state index contributed by atoms with van der Waals surface area (Å²) in [5, 5.41) is 0. The van der Waals surface area contributed by atoms with Crippen LogP contribution in [0.3, 0.4) is 0 Å². The Morgan fingerprint density at radius 3 is 2.12 bits per heavy atom. The molecule has 0 unspecified atom stereocenters. The number of nitrogen functional groups attached to an aromatic ring is 1. The van der Waals surface area contributed by atoms with Gasteiger partial charge in [-0.3, -0.25) is 0 Å². The molecule has 0 saturated heterocycles. The van der Waals surface area contributed by atoms with Crippen LogP contribution in [0.4, 0.5) is 5.69 Å². The molecule has 1 aromatic rings. The maximum Gasteiger partial charge on any atom is 0.0381 e. The van der Waals surface area contributed by atoms with Crippen LogP contribution in [0.25, 0.3) is 0 Å². The second-order valence-corrected chi connectivity index (χ2v) is 5.90. The van der Waals surface area contributed by atoms with Crippen molar-refractivity contribution in [1.29, 1.82) is 0 Å². The first-order chi connectivity index (χ1) is 7.27. The third-order valence-electron chi connectivity index (χ3n) is 3.17. The van der Waals surface area contributed by atoms with E-state index in [9.17, 15) is 0 Å². The van der Waals surface area contributed by atoms with Gasteiger partial charge in [0, 0.05) is 5.69 Å². The van der Waals surface area contributed by atoms with E-state index in [0.29, 0.717) is 5.92 Å². The SMILES string of the molecule is CCc1cc(C(C)(C)C)cc(C(C)C)c1N. The highest BCUT2D eigenvalue weighted by molar-refractivity contribution is 5.57. The second kappa shape index (κ2) is 4.48. The third-order valence-corrected chi connectivity index (χ3v) is 3.17. The molecule has 0 fully saturated rings. The molecule has 90 valence electrons. The highest BCUT2D eigenvalue weighted by Gasteiger charge is 2.18. The lowest BCUT2D eigenvalue weighted by Crippen LogP contribution is -2.14. The largest absolute Gasteiger partial charge is 0.398 e. The van der Waals surface area contributed by atoms with Crippen LogP contribution in [0.2, 0.25) is 0 Å². The van der Waals surface area contributed by atoms with Gasteiger partial charge in [-0.1, -0.05) is 53.7 Å². The maximum absolute atomic E-state index is 6.21. The quantitative estimate of drug-likeness (QED) is 0.739. The first-order valence-electron chi connectivity index (χ1n) is 6.20. The summed E-state index contributed by atoms with van der Waals surface area (Å²) in [6, 6.07) is 4.54. The molecule has 1 aromatic carbocycles. The molecule has 0 radical (unpaired) electrons. The van der Waals surface area contributed by atoms with Gasteiger partial charge in [-0.05, 0) is 34.4 Å². The van der Waals surface area contributed by atoms with Crippen molar-refractivity contribution < 1.29 is 0 Å². The Labute approximate surface area is 100 Å². The zero-order valence-corrected chi connectivity index (χ0v) is 11.5. The molecular weight excluding hydrogens is 194 g/mol. The van der Waals surface area contributed by atoms with Crippen LogP contribution in [0.5, 0.6) is 0 Å². The lowest BCUT2D eigenvalue weighted by Gasteiger charge is -2.24. The molecule has 16 heavy (non-hydrogen) atoms. The van der Waals surface area contributed by atoms with E-state index < -0.39 is 0 Å². The number of hydrogen-bond donors (Lipinski definition) is 1. The van der Waals surface area contributed by atoms with Crippen LogP contribution in [0.15, 0.2) is 12.1 Å². The first-order valence-corrected chi connectivity index (χ1v) is 6.20. The molecule has 0 aliphatic carbocycles. The highest BCUT2D eigenvalue weighted by Crippen LogP contribution is 2.32. The summed E-state index contributed by atoms with van der Waals surface area (Å²) in [6.45, 7) is 13.3. The lowest BCUT2D eigenvalue weighted by atomic mass is 9.82. The van der Waals surface area contributed by atoms with Crippen LogP contribution in [0, 0.1) is 0 Å². The van der Waals surface area contributed by atoms with Gasteiger partial charge in [0.05, 0.1) is 0 Å². The molecule has 0 atom stereocenters. The zero-order valence-electron chi connectivity index (χ0n) is 11.5. The van der Waals surface area contributed by atoms with Crippen LogP contribution < -0.4 is 5.73 Å². The van der Waals surface area contributed by atoms with Crippen molar-refractivity contribution in [1.82, 2.24) is 0 Å². The summed E-state index contributed by atoms with van der Waals surface area (Å²) in [5.74, 6) is 0.493. The van der Waals surface area contributed by atoms with Gasteiger partial charge >= 0.3 is 0 Å². The first kappa shape index (κ1) is 13.1. The standard InChI is InChI=1S/C15H25N/c1-7-11-8-12(15(4,5)6)9-13(10(2)3)14(11)16/h8-10H,7,16H2,1-6H3. The summed E-state index contributed by atoms with van der Waals surface area (Å²) < 4.78 is 0. The average molecular weight is 219 g/mol. The number of benzene rings is 1. The van der Waals surface area contributed by atoms with E-state index in [0.717, 1.165) is 12.1 Å². The van der Waals surface area contributed by atoms with Crippen molar-refractivity contribution in [2.75, 3.05) is 5.73 Å². The Balaban J connectivity index is 3.40. The van der Waals surface area contributed by atoms with E-state index in [1.165, 1.54) is 16.7 Å². The summed E-state index contributed by atoms with van der Waals surface area (Å²) in [4.78, 5) is 0. The molecule has 0 bridgehead atoms. The van der Waals surface area contributed by atoms with Gasteiger partial charge < -0.3 is 5.73 Å². The monoisotopic (exact) mass is 219 g/mol. The minimum absolute atomic E-state index is 0.196. The smallest absolute Gasteiger partial charge is 0.0381 e. The number of anilines is 1. The second-order valence-electron chi connectivity index (χ2n) is 5.90. The Morgan fingerprint density at radius 1 is 1.19 bits per heavy atom. The van der Waals surface area contributed by atoms with Crippen molar-refractivity contribution in [3.8, 4) is 0 Å². The molecule has 0 heterocycles. The average Bonchev–Trinajstić information content (AvgIpc) is 2.15. The zero-order chi connectivity index (χ0) is 12.5. The van der Waals surface area contributed by atoms with Crippen LogP contribution >= 0.6 is 0 Å². The summed E-state index contributed by atoms with van der Waals surface area (Å²) in [5.41, 5.74) is 11.4. The Hall–Kier alpha value is -0.980. The summed E-state index contributed by atoms with van der Waals surface area (Å²) >= 11 is 0. The molecule has 0 amide bonds. The molecule has 1 rings (SSSR count). The van der Waals surface area contributed by atoms with Gasteiger partial charge in [0.25, 0.3) is 0 Å². The van der Waals surface area contributed by atoms with E-state index in [-0.39, 0.29) is 5.41 Å². The number of aryl methyl sites for hydroxylation is 1. The molecule has 0 aliphatic rings. The van der Waals surface area contributed by atoms with Crippen molar-refractivity contribution in [3.63, 3.8) is 0 Å². The fraction of sp³-hybridized carbons (Fsp3) is 0.600. The van der Waals surface area contributed by atoms with Gasteiger partial charge in [-0.25, -0.2) is 0 Å². The number of nitrogens with two attached hydrogens (primary N) is 1. The van der Waals surface area contributed by atoms with Crippen molar-refractivity contribution in [2.24, 2.45) is 0 Å². The van der Waals surface area contributed by atoms with Gasteiger partial charge in [-0.15, -0.1) is 0 Å². The number of hydrogen-bond acceptors (Lipinski definition) is 1. The fourth-order valence-corrected chi connectivity index (χ4v) is 1.94. The van der Waals surface area contributed by atoms with Gasteiger partial charge in [0.15, 0.2) is 0 Å². The summed E-state index contributed by atoms with van der Waals surface area (Å²) in [6.07, 6.45) is 1.01. The van der Waals surface area contributed by atoms with Crippen LogP contribution in [-0.4, -0.2) is 0 Å². The molecule has 0 spiro atoms. The van der Waals surface area contributed by atoms with Gasteiger partial charge in [0.1, 0.15) is 0 Å². The van der Waals surface area contributed by atoms with Crippen molar-refractivity contribution >= 4 is 5.69 Å². The third kappa shape index (κ3) is 2.58. The minimum Gasteiger partial charge on any atom is -0.398 e.